The Morgan fingerprint density at radius 1 is 1.08 bits per heavy atom. The molecule has 3 rings (SSSR count). The lowest BCUT2D eigenvalue weighted by Gasteiger charge is -2.34. The van der Waals surface area contributed by atoms with Gasteiger partial charge in [-0.2, -0.15) is 13.1 Å². The molecule has 0 bridgehead atoms. The van der Waals surface area contributed by atoms with Crippen molar-refractivity contribution in [3.63, 3.8) is 0 Å². The Morgan fingerprint density at radius 2 is 1.81 bits per heavy atom. The van der Waals surface area contributed by atoms with Crippen molar-refractivity contribution in [1.29, 1.82) is 0 Å². The fraction of sp³-hybridized carbons (Fsp3) is 0.312. The number of ether oxygens (including phenoxy) is 1. The van der Waals surface area contributed by atoms with Crippen LogP contribution in [0.25, 0.3) is 0 Å². The molecule has 1 saturated heterocycles. The highest BCUT2D eigenvalue weighted by Crippen LogP contribution is 2.22. The Labute approximate surface area is 148 Å². The van der Waals surface area contributed by atoms with Gasteiger partial charge in [0, 0.05) is 26.2 Å². The van der Waals surface area contributed by atoms with Gasteiger partial charge < -0.3 is 9.64 Å². The van der Waals surface area contributed by atoms with E-state index in [2.05, 4.69) is 9.72 Å². The number of alkyl halides is 2. The fourth-order valence-electron chi connectivity index (χ4n) is 2.67. The molecule has 2 aromatic rings. The van der Waals surface area contributed by atoms with E-state index in [1.807, 2.05) is 4.90 Å². The van der Waals surface area contributed by atoms with E-state index in [4.69, 9.17) is 0 Å². The molecule has 0 radical (unpaired) electrons. The SMILES string of the molecule is O=S(=O)(c1cccc(F)c1)N1CCN(c2ccc(OC(F)F)cn2)CC1. The molecule has 0 amide bonds. The predicted octanol–water partition coefficient (Wildman–Crippen LogP) is 2.33. The number of rotatable bonds is 5. The highest BCUT2D eigenvalue weighted by Gasteiger charge is 2.29. The first-order valence-corrected chi connectivity index (χ1v) is 9.22. The summed E-state index contributed by atoms with van der Waals surface area (Å²) in [5, 5.41) is 0. The Morgan fingerprint density at radius 3 is 2.38 bits per heavy atom. The van der Waals surface area contributed by atoms with Crippen LogP contribution in [0.15, 0.2) is 47.5 Å². The van der Waals surface area contributed by atoms with E-state index in [0.29, 0.717) is 18.9 Å². The van der Waals surface area contributed by atoms with Crippen LogP contribution in [-0.2, 0) is 10.0 Å². The standard InChI is InChI=1S/C16H16F3N3O3S/c17-12-2-1-3-14(10-12)26(23,24)22-8-6-21(7-9-22)15-5-4-13(11-20-15)25-16(18)19/h1-5,10-11,16H,6-9H2. The molecule has 0 aliphatic carbocycles. The second kappa shape index (κ2) is 7.50. The summed E-state index contributed by atoms with van der Waals surface area (Å²) < 4.78 is 68.3. The predicted molar refractivity (Wildman–Crippen MR) is 88.2 cm³/mol. The van der Waals surface area contributed by atoms with E-state index >= 15 is 0 Å². The first-order chi connectivity index (χ1) is 12.4. The highest BCUT2D eigenvalue weighted by atomic mass is 32.2. The van der Waals surface area contributed by atoms with Crippen LogP contribution in [-0.4, -0.2) is 50.5 Å². The van der Waals surface area contributed by atoms with Gasteiger partial charge in [-0.15, -0.1) is 0 Å². The lowest BCUT2D eigenvalue weighted by atomic mass is 10.3. The maximum absolute atomic E-state index is 13.3. The van der Waals surface area contributed by atoms with Crippen molar-refractivity contribution in [3.8, 4) is 5.75 Å². The lowest BCUT2D eigenvalue weighted by molar-refractivity contribution is -0.0500. The summed E-state index contributed by atoms with van der Waals surface area (Å²) in [6.45, 7) is -1.77. The average molecular weight is 387 g/mol. The number of aromatic nitrogens is 1. The second-order valence-corrected chi connectivity index (χ2v) is 7.52. The van der Waals surface area contributed by atoms with Crippen molar-refractivity contribution in [3.05, 3.63) is 48.4 Å². The van der Waals surface area contributed by atoms with E-state index in [9.17, 15) is 21.6 Å². The van der Waals surface area contributed by atoms with Crippen molar-refractivity contribution in [2.75, 3.05) is 31.1 Å². The van der Waals surface area contributed by atoms with Gasteiger partial charge in [0.15, 0.2) is 0 Å². The largest absolute Gasteiger partial charge is 0.433 e. The Balaban J connectivity index is 1.65. The molecule has 0 unspecified atom stereocenters. The van der Waals surface area contributed by atoms with E-state index < -0.39 is 22.5 Å². The molecule has 0 N–H and O–H groups in total. The number of hydrogen-bond donors (Lipinski definition) is 0. The topological polar surface area (TPSA) is 62.7 Å². The fourth-order valence-corrected chi connectivity index (χ4v) is 4.12. The van der Waals surface area contributed by atoms with Crippen LogP contribution >= 0.6 is 0 Å². The third kappa shape index (κ3) is 4.07. The van der Waals surface area contributed by atoms with Crippen molar-refractivity contribution in [2.45, 2.75) is 11.5 Å². The van der Waals surface area contributed by atoms with Crippen LogP contribution < -0.4 is 9.64 Å². The number of hydrogen-bond acceptors (Lipinski definition) is 5. The van der Waals surface area contributed by atoms with Crippen molar-refractivity contribution >= 4 is 15.8 Å². The van der Waals surface area contributed by atoms with Crippen LogP contribution in [0.3, 0.4) is 0 Å². The van der Waals surface area contributed by atoms with Crippen LogP contribution in [0.5, 0.6) is 5.75 Å². The molecule has 0 spiro atoms. The molecule has 0 atom stereocenters. The zero-order chi connectivity index (χ0) is 18.7. The summed E-state index contributed by atoms with van der Waals surface area (Å²) >= 11 is 0. The second-order valence-electron chi connectivity index (χ2n) is 5.58. The zero-order valence-electron chi connectivity index (χ0n) is 13.6. The molecular formula is C16H16F3N3O3S. The normalized spacial score (nSPS) is 16.1. The smallest absolute Gasteiger partial charge is 0.387 e. The van der Waals surface area contributed by atoms with Crippen LogP contribution in [0, 0.1) is 5.82 Å². The van der Waals surface area contributed by atoms with E-state index in [1.54, 1.807) is 0 Å². The molecule has 1 aromatic carbocycles. The molecule has 1 aliphatic heterocycles. The third-order valence-corrected chi connectivity index (χ3v) is 5.84. The van der Waals surface area contributed by atoms with Crippen molar-refractivity contribution < 1.29 is 26.3 Å². The van der Waals surface area contributed by atoms with Gasteiger partial charge >= 0.3 is 6.61 Å². The molecule has 1 fully saturated rings. The average Bonchev–Trinajstić information content (AvgIpc) is 2.62. The molecule has 6 nitrogen and oxygen atoms in total. The summed E-state index contributed by atoms with van der Waals surface area (Å²) in [4.78, 5) is 5.81. The Kier molecular flexibility index (Phi) is 5.33. The molecule has 0 saturated carbocycles. The molecule has 26 heavy (non-hydrogen) atoms. The third-order valence-electron chi connectivity index (χ3n) is 3.94. The Hall–Kier alpha value is -2.33. The number of piperazine rings is 1. The molecular weight excluding hydrogens is 371 g/mol. The number of benzene rings is 1. The number of pyridine rings is 1. The lowest BCUT2D eigenvalue weighted by Crippen LogP contribution is -2.48. The van der Waals surface area contributed by atoms with Gasteiger partial charge in [0.1, 0.15) is 17.4 Å². The van der Waals surface area contributed by atoms with Gasteiger partial charge in [0.25, 0.3) is 0 Å². The zero-order valence-corrected chi connectivity index (χ0v) is 14.4. The monoisotopic (exact) mass is 387 g/mol. The number of anilines is 1. The summed E-state index contributed by atoms with van der Waals surface area (Å²) in [7, 11) is -3.77. The maximum Gasteiger partial charge on any atom is 0.387 e. The van der Waals surface area contributed by atoms with E-state index in [-0.39, 0.29) is 23.7 Å². The molecule has 140 valence electrons. The van der Waals surface area contributed by atoms with Gasteiger partial charge in [-0.3, -0.25) is 0 Å². The molecule has 2 heterocycles. The summed E-state index contributed by atoms with van der Waals surface area (Å²) in [5.41, 5.74) is 0. The van der Waals surface area contributed by atoms with Gasteiger partial charge in [0.05, 0.1) is 11.1 Å². The van der Waals surface area contributed by atoms with Crippen molar-refractivity contribution in [1.82, 2.24) is 9.29 Å². The summed E-state index contributed by atoms with van der Waals surface area (Å²) in [5.74, 6) is -0.120. The van der Waals surface area contributed by atoms with Crippen LogP contribution in [0.2, 0.25) is 0 Å². The van der Waals surface area contributed by atoms with Gasteiger partial charge in [0.2, 0.25) is 10.0 Å². The van der Waals surface area contributed by atoms with E-state index in [0.717, 1.165) is 6.07 Å². The minimum Gasteiger partial charge on any atom is -0.433 e. The summed E-state index contributed by atoms with van der Waals surface area (Å²) in [6.07, 6.45) is 1.19. The number of sulfonamides is 1. The van der Waals surface area contributed by atoms with Gasteiger partial charge in [-0.25, -0.2) is 17.8 Å². The number of nitrogens with zero attached hydrogens (tertiary/aromatic N) is 3. The first kappa shape index (κ1) is 18.5. The Bertz CT molecular complexity index is 855. The number of halogens is 3. The van der Waals surface area contributed by atoms with Crippen LogP contribution in [0.1, 0.15) is 0 Å². The quantitative estimate of drug-likeness (QED) is 0.788. The first-order valence-electron chi connectivity index (χ1n) is 7.78. The van der Waals surface area contributed by atoms with Gasteiger partial charge in [-0.05, 0) is 30.3 Å². The van der Waals surface area contributed by atoms with E-state index in [1.165, 1.54) is 40.8 Å². The maximum atomic E-state index is 13.3. The molecule has 1 aromatic heterocycles. The van der Waals surface area contributed by atoms with Crippen molar-refractivity contribution in [2.24, 2.45) is 0 Å². The molecule has 1 aliphatic rings. The van der Waals surface area contributed by atoms with Gasteiger partial charge in [-0.1, -0.05) is 6.07 Å². The summed E-state index contributed by atoms with van der Waals surface area (Å²) in [6, 6.07) is 7.80. The highest BCUT2D eigenvalue weighted by molar-refractivity contribution is 7.89. The molecule has 10 heteroatoms. The minimum absolute atomic E-state index is 0.0453. The minimum atomic E-state index is -3.77. The van der Waals surface area contributed by atoms with Crippen LogP contribution in [0.4, 0.5) is 19.0 Å².